The minimum absolute atomic E-state index is 0.189. The van der Waals surface area contributed by atoms with Crippen molar-refractivity contribution in [2.75, 3.05) is 31.9 Å². The Labute approximate surface area is 172 Å². The first kappa shape index (κ1) is 19.1. The first-order valence-electron chi connectivity index (χ1n) is 10.1. The second kappa shape index (κ2) is 8.44. The highest BCUT2D eigenvalue weighted by Gasteiger charge is 2.45. The number of carbonyl (C=O) groups excluding carboxylic acids is 1. The average Bonchev–Trinajstić information content (AvgIpc) is 3.53. The first-order chi connectivity index (χ1) is 13.6. The van der Waals surface area contributed by atoms with E-state index in [9.17, 15) is 4.79 Å². The van der Waals surface area contributed by atoms with E-state index in [-0.39, 0.29) is 5.92 Å². The van der Waals surface area contributed by atoms with E-state index in [4.69, 9.17) is 0 Å². The Morgan fingerprint density at radius 1 is 1.04 bits per heavy atom. The van der Waals surface area contributed by atoms with E-state index in [1.54, 1.807) is 0 Å². The molecule has 1 saturated carbocycles. The second-order valence-electron chi connectivity index (χ2n) is 7.84. The molecule has 146 valence electrons. The van der Waals surface area contributed by atoms with E-state index in [2.05, 4.69) is 71.8 Å². The van der Waals surface area contributed by atoms with Gasteiger partial charge in [-0.1, -0.05) is 54.6 Å². The van der Waals surface area contributed by atoms with Gasteiger partial charge >= 0.3 is 0 Å². The highest BCUT2D eigenvalue weighted by Crippen LogP contribution is 2.48. The van der Waals surface area contributed by atoms with Crippen molar-refractivity contribution < 1.29 is 4.79 Å². The van der Waals surface area contributed by atoms with Crippen LogP contribution in [0.2, 0.25) is 0 Å². The Balaban J connectivity index is 1.23. The van der Waals surface area contributed by atoms with Crippen molar-refractivity contribution in [1.29, 1.82) is 0 Å². The van der Waals surface area contributed by atoms with Gasteiger partial charge in [-0.15, -0.1) is 11.8 Å². The molecule has 2 fully saturated rings. The van der Waals surface area contributed by atoms with Crippen LogP contribution in [0, 0.1) is 12.8 Å². The summed E-state index contributed by atoms with van der Waals surface area (Å²) in [7, 11) is 0. The number of carbonyl (C=O) groups is 1. The molecule has 0 radical (unpaired) electrons. The standard InChI is InChI=1S/C24H28N2OS/c1-18-7-6-10-21(15-18)28-17-19(2)25-11-13-26(14-12-25)24(27)23-16-22(23)20-8-4-3-5-9-20/h3-10,15,22-23H,2,11-14,16-17H2,1H3/t22-,23+/m0/s1. The third-order valence-corrected chi connectivity index (χ3v) is 6.83. The van der Waals surface area contributed by atoms with Crippen LogP contribution >= 0.6 is 11.8 Å². The smallest absolute Gasteiger partial charge is 0.226 e. The Morgan fingerprint density at radius 3 is 2.46 bits per heavy atom. The predicted molar refractivity (Wildman–Crippen MR) is 116 cm³/mol. The second-order valence-corrected chi connectivity index (χ2v) is 8.89. The largest absolute Gasteiger partial charge is 0.371 e. The molecular formula is C24H28N2OS. The van der Waals surface area contributed by atoms with Crippen LogP contribution in [0.3, 0.4) is 0 Å². The van der Waals surface area contributed by atoms with Gasteiger partial charge in [-0.2, -0.15) is 0 Å². The van der Waals surface area contributed by atoms with Crippen LogP contribution in [0.25, 0.3) is 0 Å². The van der Waals surface area contributed by atoms with E-state index in [1.165, 1.54) is 16.0 Å². The molecule has 1 heterocycles. The zero-order valence-corrected chi connectivity index (χ0v) is 17.3. The molecule has 1 saturated heterocycles. The maximum atomic E-state index is 12.8. The monoisotopic (exact) mass is 392 g/mol. The van der Waals surface area contributed by atoms with Crippen molar-refractivity contribution in [2.24, 2.45) is 5.92 Å². The lowest BCUT2D eigenvalue weighted by Crippen LogP contribution is -2.48. The highest BCUT2D eigenvalue weighted by atomic mass is 32.2. The molecule has 3 nitrogen and oxygen atoms in total. The quantitative estimate of drug-likeness (QED) is 0.674. The van der Waals surface area contributed by atoms with Crippen molar-refractivity contribution in [3.63, 3.8) is 0 Å². The first-order valence-corrected chi connectivity index (χ1v) is 11.1. The summed E-state index contributed by atoms with van der Waals surface area (Å²) >= 11 is 1.83. The van der Waals surface area contributed by atoms with Gasteiger partial charge in [0.05, 0.1) is 0 Å². The molecule has 2 atom stereocenters. The molecular weight excluding hydrogens is 364 g/mol. The van der Waals surface area contributed by atoms with Gasteiger partial charge in [-0.25, -0.2) is 0 Å². The maximum Gasteiger partial charge on any atom is 0.226 e. The predicted octanol–water partition coefficient (Wildman–Crippen LogP) is 4.55. The Hall–Kier alpha value is -2.20. The number of piperazine rings is 1. The molecule has 28 heavy (non-hydrogen) atoms. The molecule has 1 aliphatic heterocycles. The summed E-state index contributed by atoms with van der Waals surface area (Å²) in [6.07, 6.45) is 1.00. The van der Waals surface area contributed by atoms with Crippen LogP contribution in [-0.4, -0.2) is 47.6 Å². The average molecular weight is 393 g/mol. The van der Waals surface area contributed by atoms with Crippen molar-refractivity contribution in [3.8, 4) is 0 Å². The highest BCUT2D eigenvalue weighted by molar-refractivity contribution is 7.99. The molecule has 0 aromatic heterocycles. The fourth-order valence-electron chi connectivity index (χ4n) is 3.98. The molecule has 1 amide bonds. The minimum Gasteiger partial charge on any atom is -0.371 e. The van der Waals surface area contributed by atoms with Crippen LogP contribution in [0.4, 0.5) is 0 Å². The summed E-state index contributed by atoms with van der Waals surface area (Å²) in [5.74, 6) is 1.85. The van der Waals surface area contributed by atoms with Crippen LogP contribution in [-0.2, 0) is 4.79 Å². The normalized spacial score (nSPS) is 21.5. The van der Waals surface area contributed by atoms with Crippen LogP contribution < -0.4 is 0 Å². The summed E-state index contributed by atoms with van der Waals surface area (Å²) in [6.45, 7) is 9.81. The van der Waals surface area contributed by atoms with Crippen LogP contribution in [0.15, 0.2) is 71.8 Å². The van der Waals surface area contributed by atoms with Crippen molar-refractivity contribution >= 4 is 17.7 Å². The van der Waals surface area contributed by atoms with Gasteiger partial charge in [0.25, 0.3) is 0 Å². The SMILES string of the molecule is C=C(CSc1cccc(C)c1)N1CCN(C(=O)[C@@H]2C[C@H]2c2ccccc2)CC1. The molecule has 4 rings (SSSR count). The lowest BCUT2D eigenvalue weighted by atomic mass is 10.1. The number of nitrogens with zero attached hydrogens (tertiary/aromatic N) is 2. The van der Waals surface area contributed by atoms with Crippen molar-refractivity contribution in [2.45, 2.75) is 24.2 Å². The van der Waals surface area contributed by atoms with E-state index in [1.807, 2.05) is 17.8 Å². The van der Waals surface area contributed by atoms with Gasteiger partial charge in [0.1, 0.15) is 0 Å². The van der Waals surface area contributed by atoms with E-state index < -0.39 is 0 Å². The van der Waals surface area contributed by atoms with Gasteiger partial charge in [-0.05, 0) is 37.0 Å². The van der Waals surface area contributed by atoms with E-state index >= 15 is 0 Å². The maximum absolute atomic E-state index is 12.8. The van der Waals surface area contributed by atoms with Gasteiger partial charge in [0.2, 0.25) is 5.91 Å². The lowest BCUT2D eigenvalue weighted by molar-refractivity contribution is -0.134. The summed E-state index contributed by atoms with van der Waals surface area (Å²) in [4.78, 5) is 18.5. The van der Waals surface area contributed by atoms with Gasteiger partial charge in [0.15, 0.2) is 0 Å². The van der Waals surface area contributed by atoms with Gasteiger partial charge in [0, 0.05) is 48.4 Å². The fourth-order valence-corrected chi connectivity index (χ4v) is 4.94. The van der Waals surface area contributed by atoms with Gasteiger partial charge in [-0.3, -0.25) is 4.79 Å². The molecule has 0 bridgehead atoms. The molecule has 1 aliphatic carbocycles. The summed E-state index contributed by atoms with van der Waals surface area (Å²) in [5, 5.41) is 0. The third kappa shape index (κ3) is 4.44. The van der Waals surface area contributed by atoms with Crippen LogP contribution in [0.1, 0.15) is 23.5 Å². The third-order valence-electron chi connectivity index (χ3n) is 5.77. The summed E-state index contributed by atoms with van der Waals surface area (Å²) < 4.78 is 0. The number of thioether (sulfide) groups is 1. The van der Waals surface area contributed by atoms with Crippen molar-refractivity contribution in [1.82, 2.24) is 9.80 Å². The zero-order chi connectivity index (χ0) is 19.5. The number of hydrogen-bond donors (Lipinski definition) is 0. The van der Waals surface area contributed by atoms with Crippen LogP contribution in [0.5, 0.6) is 0 Å². The molecule has 0 spiro atoms. The number of rotatable bonds is 6. The Morgan fingerprint density at radius 2 is 1.75 bits per heavy atom. The summed E-state index contributed by atoms with van der Waals surface area (Å²) in [5.41, 5.74) is 3.75. The minimum atomic E-state index is 0.189. The van der Waals surface area contributed by atoms with E-state index in [0.29, 0.717) is 11.8 Å². The number of benzene rings is 2. The molecule has 0 unspecified atom stereocenters. The van der Waals surface area contributed by atoms with Crippen molar-refractivity contribution in [3.05, 3.63) is 78.0 Å². The molecule has 4 heteroatoms. The Bertz CT molecular complexity index is 843. The number of amides is 1. The van der Waals surface area contributed by atoms with E-state index in [0.717, 1.165) is 44.0 Å². The fraction of sp³-hybridized carbons (Fsp3) is 0.375. The molecule has 2 aromatic carbocycles. The molecule has 2 aromatic rings. The van der Waals surface area contributed by atoms with Gasteiger partial charge < -0.3 is 9.80 Å². The molecule has 2 aliphatic rings. The summed E-state index contributed by atoms with van der Waals surface area (Å²) in [6, 6.07) is 19.0. The lowest BCUT2D eigenvalue weighted by Gasteiger charge is -2.37. The zero-order valence-electron chi connectivity index (χ0n) is 16.5. The number of hydrogen-bond acceptors (Lipinski definition) is 3. The number of aryl methyl sites for hydroxylation is 1. The Kier molecular flexibility index (Phi) is 5.77. The topological polar surface area (TPSA) is 23.6 Å². The molecule has 0 N–H and O–H groups in total.